The minimum absolute atomic E-state index is 0.273. The van der Waals surface area contributed by atoms with E-state index in [0.29, 0.717) is 11.7 Å². The zero-order chi connectivity index (χ0) is 16.2. The van der Waals surface area contributed by atoms with E-state index in [0.717, 1.165) is 17.7 Å². The summed E-state index contributed by atoms with van der Waals surface area (Å²) in [4.78, 5) is 0.273. The first kappa shape index (κ1) is 16.4. The van der Waals surface area contributed by atoms with Crippen molar-refractivity contribution in [1.82, 2.24) is 0 Å². The molecule has 0 aliphatic rings. The van der Waals surface area contributed by atoms with E-state index in [1.807, 2.05) is 25.1 Å². The lowest BCUT2D eigenvalue weighted by atomic mass is 10.2. The monoisotopic (exact) mass is 318 g/mol. The summed E-state index contributed by atoms with van der Waals surface area (Å²) in [6.45, 7) is 6.09. The van der Waals surface area contributed by atoms with Crippen LogP contribution in [0.1, 0.15) is 25.8 Å². The van der Waals surface area contributed by atoms with Gasteiger partial charge in [-0.15, -0.1) is 0 Å². The molecule has 0 fully saturated rings. The van der Waals surface area contributed by atoms with Gasteiger partial charge < -0.3 is 5.32 Å². The highest BCUT2D eigenvalue weighted by atomic mass is 32.2. The zero-order valence-corrected chi connectivity index (χ0v) is 13.9. The standard InChI is InChI=1S/C17H22N2O2S/c1-4-14(3)18-15-8-10-16(11-9-15)19-22(20,21)17-7-5-6-13(2)12-17/h5-12,14,18-19H,4H2,1-3H3. The number of anilines is 2. The Balaban J connectivity index is 2.13. The molecule has 0 aromatic heterocycles. The fraction of sp³-hybridized carbons (Fsp3) is 0.294. The van der Waals surface area contributed by atoms with Crippen molar-refractivity contribution in [3.05, 3.63) is 54.1 Å². The SMILES string of the molecule is CCC(C)Nc1ccc(NS(=O)(=O)c2cccc(C)c2)cc1. The number of sulfonamides is 1. The molecular weight excluding hydrogens is 296 g/mol. The van der Waals surface area contributed by atoms with Gasteiger partial charge in [0.05, 0.1) is 4.90 Å². The van der Waals surface area contributed by atoms with Crippen LogP contribution in [0, 0.1) is 6.92 Å². The molecule has 2 rings (SSSR count). The molecule has 2 aromatic rings. The van der Waals surface area contributed by atoms with Crippen LogP contribution >= 0.6 is 0 Å². The van der Waals surface area contributed by atoms with Crippen LogP contribution in [-0.2, 0) is 10.0 Å². The molecule has 118 valence electrons. The number of benzene rings is 2. The average Bonchev–Trinajstić information content (AvgIpc) is 2.49. The van der Waals surface area contributed by atoms with Crippen LogP contribution in [0.15, 0.2) is 53.4 Å². The third kappa shape index (κ3) is 4.24. The van der Waals surface area contributed by atoms with Gasteiger partial charge in [-0.1, -0.05) is 19.1 Å². The summed E-state index contributed by atoms with van der Waals surface area (Å²) in [6, 6.07) is 14.5. The summed E-state index contributed by atoms with van der Waals surface area (Å²) in [5.41, 5.74) is 2.44. The number of hydrogen-bond donors (Lipinski definition) is 2. The zero-order valence-electron chi connectivity index (χ0n) is 13.1. The molecule has 0 saturated heterocycles. The van der Waals surface area contributed by atoms with Crippen LogP contribution in [0.5, 0.6) is 0 Å². The molecule has 0 heterocycles. The maximum Gasteiger partial charge on any atom is 0.261 e. The molecule has 0 bridgehead atoms. The summed E-state index contributed by atoms with van der Waals surface area (Å²) in [7, 11) is -3.55. The van der Waals surface area contributed by atoms with Gasteiger partial charge in [0, 0.05) is 17.4 Å². The van der Waals surface area contributed by atoms with E-state index >= 15 is 0 Å². The molecule has 0 spiro atoms. The molecule has 0 aliphatic heterocycles. The van der Waals surface area contributed by atoms with Crippen molar-refractivity contribution in [2.24, 2.45) is 0 Å². The molecule has 0 amide bonds. The van der Waals surface area contributed by atoms with Gasteiger partial charge in [0.1, 0.15) is 0 Å². The number of rotatable bonds is 6. The van der Waals surface area contributed by atoms with Crippen molar-refractivity contribution < 1.29 is 8.42 Å². The van der Waals surface area contributed by atoms with Crippen molar-refractivity contribution in [2.45, 2.75) is 38.1 Å². The molecule has 1 atom stereocenters. The molecule has 0 aliphatic carbocycles. The summed E-state index contributed by atoms with van der Waals surface area (Å²) in [6.07, 6.45) is 1.03. The van der Waals surface area contributed by atoms with Crippen LogP contribution in [0.4, 0.5) is 11.4 Å². The van der Waals surface area contributed by atoms with E-state index in [1.165, 1.54) is 0 Å². The lowest BCUT2D eigenvalue weighted by Crippen LogP contribution is -2.14. The minimum Gasteiger partial charge on any atom is -0.383 e. The Bertz CT molecular complexity index is 725. The molecule has 2 N–H and O–H groups in total. The Morgan fingerprint density at radius 3 is 2.27 bits per heavy atom. The van der Waals surface area contributed by atoms with Crippen molar-refractivity contribution >= 4 is 21.4 Å². The lowest BCUT2D eigenvalue weighted by Gasteiger charge is -2.14. The second-order valence-electron chi connectivity index (χ2n) is 5.45. The molecule has 0 radical (unpaired) electrons. The maximum atomic E-state index is 12.3. The van der Waals surface area contributed by atoms with Gasteiger partial charge in [0.2, 0.25) is 0 Å². The van der Waals surface area contributed by atoms with Gasteiger partial charge in [-0.25, -0.2) is 8.42 Å². The molecule has 2 aromatic carbocycles. The highest BCUT2D eigenvalue weighted by Crippen LogP contribution is 2.19. The third-order valence-corrected chi connectivity index (χ3v) is 4.84. The topological polar surface area (TPSA) is 58.2 Å². The minimum atomic E-state index is -3.55. The summed E-state index contributed by atoms with van der Waals surface area (Å²) < 4.78 is 27.3. The molecule has 0 saturated carbocycles. The van der Waals surface area contributed by atoms with Gasteiger partial charge in [-0.05, 0) is 62.2 Å². The smallest absolute Gasteiger partial charge is 0.261 e. The van der Waals surface area contributed by atoms with Gasteiger partial charge in [-0.2, -0.15) is 0 Å². The van der Waals surface area contributed by atoms with E-state index in [2.05, 4.69) is 23.9 Å². The third-order valence-electron chi connectivity index (χ3n) is 3.46. The first-order chi connectivity index (χ1) is 10.4. The van der Waals surface area contributed by atoms with Crippen LogP contribution in [0.3, 0.4) is 0 Å². The van der Waals surface area contributed by atoms with Gasteiger partial charge in [0.15, 0.2) is 0 Å². The summed E-state index contributed by atoms with van der Waals surface area (Å²) in [5.74, 6) is 0. The van der Waals surface area contributed by atoms with Crippen LogP contribution < -0.4 is 10.0 Å². The van der Waals surface area contributed by atoms with Crippen molar-refractivity contribution in [3.63, 3.8) is 0 Å². The predicted molar refractivity (Wildman–Crippen MR) is 91.8 cm³/mol. The Hall–Kier alpha value is -2.01. The van der Waals surface area contributed by atoms with Crippen molar-refractivity contribution in [1.29, 1.82) is 0 Å². The Kier molecular flexibility index (Phi) is 5.08. The van der Waals surface area contributed by atoms with E-state index in [1.54, 1.807) is 30.3 Å². The van der Waals surface area contributed by atoms with Crippen LogP contribution in [-0.4, -0.2) is 14.5 Å². The second kappa shape index (κ2) is 6.83. The van der Waals surface area contributed by atoms with E-state index in [-0.39, 0.29) is 4.90 Å². The van der Waals surface area contributed by atoms with Gasteiger partial charge in [-0.3, -0.25) is 4.72 Å². The van der Waals surface area contributed by atoms with E-state index in [9.17, 15) is 8.42 Å². The van der Waals surface area contributed by atoms with Crippen molar-refractivity contribution in [2.75, 3.05) is 10.0 Å². The molecule has 22 heavy (non-hydrogen) atoms. The number of nitrogens with one attached hydrogen (secondary N) is 2. The van der Waals surface area contributed by atoms with Crippen LogP contribution in [0.2, 0.25) is 0 Å². The Morgan fingerprint density at radius 2 is 1.68 bits per heavy atom. The fourth-order valence-corrected chi connectivity index (χ4v) is 3.18. The van der Waals surface area contributed by atoms with Gasteiger partial charge >= 0.3 is 0 Å². The molecule has 1 unspecified atom stereocenters. The average molecular weight is 318 g/mol. The van der Waals surface area contributed by atoms with Crippen molar-refractivity contribution in [3.8, 4) is 0 Å². The summed E-state index contributed by atoms with van der Waals surface area (Å²) >= 11 is 0. The normalized spacial score (nSPS) is 12.7. The Morgan fingerprint density at radius 1 is 1.05 bits per heavy atom. The highest BCUT2D eigenvalue weighted by molar-refractivity contribution is 7.92. The highest BCUT2D eigenvalue weighted by Gasteiger charge is 2.14. The van der Waals surface area contributed by atoms with Crippen LogP contribution in [0.25, 0.3) is 0 Å². The largest absolute Gasteiger partial charge is 0.383 e. The molecular formula is C17H22N2O2S. The first-order valence-electron chi connectivity index (χ1n) is 7.37. The number of aryl methyl sites for hydroxylation is 1. The molecule has 4 nitrogen and oxygen atoms in total. The lowest BCUT2D eigenvalue weighted by molar-refractivity contribution is 0.601. The maximum absolute atomic E-state index is 12.3. The second-order valence-corrected chi connectivity index (χ2v) is 7.14. The van der Waals surface area contributed by atoms with E-state index in [4.69, 9.17) is 0 Å². The van der Waals surface area contributed by atoms with E-state index < -0.39 is 10.0 Å². The quantitative estimate of drug-likeness (QED) is 0.846. The fourth-order valence-electron chi connectivity index (χ4n) is 2.02. The van der Waals surface area contributed by atoms with Gasteiger partial charge in [0.25, 0.3) is 10.0 Å². The predicted octanol–water partition coefficient (Wildman–Crippen LogP) is 4.01. The first-order valence-corrected chi connectivity index (χ1v) is 8.85. The number of hydrogen-bond acceptors (Lipinski definition) is 3. The summed E-state index contributed by atoms with van der Waals surface area (Å²) in [5, 5.41) is 3.34. The molecule has 5 heteroatoms. The Labute approximate surface area is 132 Å².